The smallest absolute Gasteiger partial charge is 0.0941 e. The minimum Gasteiger partial charge on any atom is -0.304 e. The van der Waals surface area contributed by atoms with Crippen molar-refractivity contribution in [3.05, 3.63) is 16.1 Å². The number of thiazole rings is 1. The molecule has 16 heavy (non-hydrogen) atoms. The average Bonchev–Trinajstić information content (AvgIpc) is 2.76. The first kappa shape index (κ1) is 12.5. The number of alkyl halides is 1. The van der Waals surface area contributed by atoms with Crippen molar-refractivity contribution in [1.29, 1.82) is 0 Å². The second kappa shape index (κ2) is 6.10. The topological polar surface area (TPSA) is 19.4 Å². The summed E-state index contributed by atoms with van der Waals surface area (Å²) in [4.78, 5) is 9.49. The Morgan fingerprint density at radius 3 is 2.75 bits per heavy atom. The molecule has 0 atom stereocenters. The first-order chi connectivity index (χ1) is 7.78. The van der Waals surface area contributed by atoms with Gasteiger partial charge in [-0.25, -0.2) is 4.98 Å². The van der Waals surface area contributed by atoms with Gasteiger partial charge < -0.3 is 9.80 Å². The Balaban J connectivity index is 1.74. The van der Waals surface area contributed by atoms with Gasteiger partial charge in [0.25, 0.3) is 0 Å². The van der Waals surface area contributed by atoms with Gasteiger partial charge in [0.2, 0.25) is 0 Å². The lowest BCUT2D eigenvalue weighted by molar-refractivity contribution is 0.155. The molecule has 0 spiro atoms. The van der Waals surface area contributed by atoms with Crippen LogP contribution >= 0.6 is 27.3 Å². The van der Waals surface area contributed by atoms with Crippen LogP contribution in [-0.4, -0.2) is 54.6 Å². The fourth-order valence-corrected chi connectivity index (χ4v) is 3.14. The first-order valence-electron chi connectivity index (χ1n) is 5.68. The number of nitrogens with zero attached hydrogens (tertiary/aromatic N) is 3. The molecule has 2 rings (SSSR count). The zero-order chi connectivity index (χ0) is 11.4. The lowest BCUT2D eigenvalue weighted by Crippen LogP contribution is -2.45. The molecule has 0 saturated carbocycles. The molecular weight excluding hydrogens is 286 g/mol. The van der Waals surface area contributed by atoms with Gasteiger partial charge in [-0.1, -0.05) is 15.9 Å². The summed E-state index contributed by atoms with van der Waals surface area (Å²) < 4.78 is 0. The lowest BCUT2D eigenvalue weighted by atomic mass is 10.3. The lowest BCUT2D eigenvalue weighted by Gasteiger charge is -2.32. The molecule has 1 fully saturated rings. The predicted molar refractivity (Wildman–Crippen MR) is 72.4 cm³/mol. The van der Waals surface area contributed by atoms with E-state index in [0.29, 0.717) is 0 Å². The van der Waals surface area contributed by atoms with E-state index in [4.69, 9.17) is 0 Å². The minimum absolute atomic E-state index is 0.873. The zero-order valence-electron chi connectivity index (χ0n) is 9.65. The van der Waals surface area contributed by atoms with Crippen LogP contribution in [0.25, 0.3) is 0 Å². The highest BCUT2D eigenvalue weighted by molar-refractivity contribution is 9.08. The van der Waals surface area contributed by atoms with E-state index in [9.17, 15) is 0 Å². The molecule has 3 nitrogen and oxygen atoms in total. The van der Waals surface area contributed by atoms with E-state index >= 15 is 0 Å². The molecule has 90 valence electrons. The number of hydrogen-bond donors (Lipinski definition) is 0. The average molecular weight is 304 g/mol. The molecule has 0 radical (unpaired) electrons. The van der Waals surface area contributed by atoms with Gasteiger partial charge in [0.1, 0.15) is 0 Å². The Kier molecular flexibility index (Phi) is 4.76. The largest absolute Gasteiger partial charge is 0.304 e. The van der Waals surface area contributed by atoms with Crippen LogP contribution in [0.2, 0.25) is 0 Å². The van der Waals surface area contributed by atoms with Crippen molar-refractivity contribution >= 4 is 27.3 Å². The van der Waals surface area contributed by atoms with Gasteiger partial charge in [-0.15, -0.1) is 11.3 Å². The molecule has 0 N–H and O–H groups in total. The van der Waals surface area contributed by atoms with E-state index in [-0.39, 0.29) is 0 Å². The third-order valence-corrected chi connectivity index (χ3v) is 4.51. The highest BCUT2D eigenvalue weighted by Gasteiger charge is 2.13. The standard InChI is InChI=1S/C11H18BrN3S/c1-14-4-6-15(7-5-14)3-2-11-13-10(8-12)9-16-11/h9H,2-8H2,1H3. The third-order valence-electron chi connectivity index (χ3n) is 2.97. The highest BCUT2D eigenvalue weighted by Crippen LogP contribution is 2.13. The minimum atomic E-state index is 0.873. The molecule has 0 aromatic carbocycles. The SMILES string of the molecule is CN1CCN(CCc2nc(CBr)cs2)CC1. The Morgan fingerprint density at radius 2 is 2.12 bits per heavy atom. The predicted octanol–water partition coefficient (Wildman–Crippen LogP) is 1.83. The number of halogens is 1. The summed E-state index contributed by atoms with van der Waals surface area (Å²) in [7, 11) is 2.19. The van der Waals surface area contributed by atoms with E-state index in [2.05, 4.69) is 43.1 Å². The molecule has 5 heteroatoms. The number of piperazine rings is 1. The first-order valence-corrected chi connectivity index (χ1v) is 7.68. The van der Waals surface area contributed by atoms with Crippen molar-refractivity contribution in [2.24, 2.45) is 0 Å². The van der Waals surface area contributed by atoms with Crippen molar-refractivity contribution in [3.63, 3.8) is 0 Å². The van der Waals surface area contributed by atoms with E-state index in [1.165, 1.54) is 36.9 Å². The fraction of sp³-hybridized carbons (Fsp3) is 0.727. The summed E-state index contributed by atoms with van der Waals surface area (Å²) in [5.41, 5.74) is 1.17. The Labute approximate surface area is 110 Å². The summed E-state index contributed by atoms with van der Waals surface area (Å²) in [6, 6.07) is 0. The van der Waals surface area contributed by atoms with Gasteiger partial charge in [-0.05, 0) is 7.05 Å². The number of aromatic nitrogens is 1. The molecule has 1 aliphatic rings. The maximum absolute atomic E-state index is 4.56. The van der Waals surface area contributed by atoms with Crippen LogP contribution in [0, 0.1) is 0 Å². The number of rotatable bonds is 4. The fourth-order valence-electron chi connectivity index (χ4n) is 1.85. The second-order valence-corrected chi connectivity index (χ2v) is 5.76. The summed E-state index contributed by atoms with van der Waals surface area (Å²) in [5.74, 6) is 0. The Hall–Kier alpha value is 0.0300. The quantitative estimate of drug-likeness (QED) is 0.791. The molecule has 1 aromatic heterocycles. The second-order valence-electron chi connectivity index (χ2n) is 4.26. The van der Waals surface area contributed by atoms with Gasteiger partial charge in [0.05, 0.1) is 10.7 Å². The monoisotopic (exact) mass is 303 g/mol. The zero-order valence-corrected chi connectivity index (χ0v) is 12.1. The molecule has 0 amide bonds. The van der Waals surface area contributed by atoms with Gasteiger partial charge >= 0.3 is 0 Å². The molecule has 1 aromatic rings. The molecule has 2 heterocycles. The van der Waals surface area contributed by atoms with Crippen molar-refractivity contribution in [2.75, 3.05) is 39.8 Å². The van der Waals surface area contributed by atoms with Crippen molar-refractivity contribution in [1.82, 2.24) is 14.8 Å². The summed E-state index contributed by atoms with van der Waals surface area (Å²) in [6.45, 7) is 5.96. The summed E-state index contributed by atoms with van der Waals surface area (Å²) in [5, 5.41) is 4.29. The van der Waals surface area contributed by atoms with Crippen LogP contribution in [0.1, 0.15) is 10.7 Å². The van der Waals surface area contributed by atoms with Crippen LogP contribution in [0.4, 0.5) is 0 Å². The third kappa shape index (κ3) is 3.52. The van der Waals surface area contributed by atoms with Crippen LogP contribution in [0.5, 0.6) is 0 Å². The van der Waals surface area contributed by atoms with Crippen LogP contribution in [0.15, 0.2) is 5.38 Å². The van der Waals surface area contributed by atoms with Crippen LogP contribution in [0.3, 0.4) is 0 Å². The van der Waals surface area contributed by atoms with Gasteiger partial charge in [-0.3, -0.25) is 0 Å². The molecule has 0 unspecified atom stereocenters. The Bertz CT molecular complexity index is 321. The molecule has 0 bridgehead atoms. The maximum Gasteiger partial charge on any atom is 0.0941 e. The van der Waals surface area contributed by atoms with E-state index < -0.39 is 0 Å². The number of likely N-dealkylation sites (N-methyl/N-ethyl adjacent to an activating group) is 1. The van der Waals surface area contributed by atoms with Crippen LogP contribution < -0.4 is 0 Å². The molecule has 0 aliphatic carbocycles. The van der Waals surface area contributed by atoms with Crippen LogP contribution in [-0.2, 0) is 11.8 Å². The summed E-state index contributed by atoms with van der Waals surface area (Å²) >= 11 is 5.22. The summed E-state index contributed by atoms with van der Waals surface area (Å²) in [6.07, 6.45) is 1.10. The van der Waals surface area contributed by atoms with Crippen molar-refractivity contribution < 1.29 is 0 Å². The molecular formula is C11H18BrN3S. The van der Waals surface area contributed by atoms with E-state index in [0.717, 1.165) is 18.3 Å². The van der Waals surface area contributed by atoms with E-state index in [1.54, 1.807) is 11.3 Å². The van der Waals surface area contributed by atoms with Gasteiger partial charge in [0.15, 0.2) is 0 Å². The van der Waals surface area contributed by atoms with Gasteiger partial charge in [0, 0.05) is 49.9 Å². The molecule has 1 aliphatic heterocycles. The van der Waals surface area contributed by atoms with E-state index in [1.807, 2.05) is 0 Å². The van der Waals surface area contributed by atoms with Gasteiger partial charge in [-0.2, -0.15) is 0 Å². The maximum atomic E-state index is 4.56. The Morgan fingerprint density at radius 1 is 1.38 bits per heavy atom. The normalized spacial score (nSPS) is 19.1. The number of hydrogen-bond acceptors (Lipinski definition) is 4. The van der Waals surface area contributed by atoms with Crippen molar-refractivity contribution in [3.8, 4) is 0 Å². The highest BCUT2D eigenvalue weighted by atomic mass is 79.9. The van der Waals surface area contributed by atoms with Crippen molar-refractivity contribution in [2.45, 2.75) is 11.8 Å². The molecule has 1 saturated heterocycles.